The molecule has 0 aliphatic rings. The predicted octanol–water partition coefficient (Wildman–Crippen LogP) is 5.29. The van der Waals surface area contributed by atoms with E-state index in [2.05, 4.69) is 26.1 Å². The molecular weight excluding hydrogens is 258 g/mol. The average Bonchev–Trinajstić information content (AvgIpc) is 2.45. The van der Waals surface area contributed by atoms with Crippen LogP contribution in [0.1, 0.15) is 86.0 Å². The fourth-order valence-electron chi connectivity index (χ4n) is 2.40. The molecule has 19 heavy (non-hydrogen) atoms. The summed E-state index contributed by atoms with van der Waals surface area (Å²) in [7, 11) is 0. The molecule has 0 aromatic rings. The van der Waals surface area contributed by atoms with Gasteiger partial charge >= 0.3 is 0 Å². The molecule has 0 aliphatic heterocycles. The van der Waals surface area contributed by atoms with Crippen LogP contribution in [-0.2, 0) is 4.79 Å². The molecule has 3 heteroatoms. The van der Waals surface area contributed by atoms with E-state index in [-0.39, 0.29) is 17.3 Å². The molecule has 0 aromatic carbocycles. The molecule has 0 aliphatic carbocycles. The number of unbranched alkanes of at least 4 members (excludes halogenated alkanes) is 2. The molecule has 116 valence electrons. The zero-order valence-electron chi connectivity index (χ0n) is 13.7. The Balaban J connectivity index is 0. The molecule has 0 heterocycles. The van der Waals surface area contributed by atoms with Gasteiger partial charge in [0.1, 0.15) is 5.88 Å². The maximum absolute atomic E-state index is 11.6. The second-order valence-corrected chi connectivity index (χ2v) is 5.19. The summed E-state index contributed by atoms with van der Waals surface area (Å²) in [5, 5.41) is 3.18. The fourth-order valence-corrected chi connectivity index (χ4v) is 2.47. The highest BCUT2D eigenvalue weighted by atomic mass is 35.5. The average molecular weight is 292 g/mol. The third-order valence-electron chi connectivity index (χ3n) is 3.27. The molecule has 0 atom stereocenters. The van der Waals surface area contributed by atoms with Gasteiger partial charge in [-0.05, 0) is 19.3 Å². The molecule has 0 radical (unpaired) electrons. The number of hydrogen-bond donors (Lipinski definition) is 1. The Morgan fingerprint density at radius 3 is 1.74 bits per heavy atom. The van der Waals surface area contributed by atoms with E-state index in [9.17, 15) is 4.79 Å². The first kappa shape index (κ1) is 21.1. The van der Waals surface area contributed by atoms with Crippen LogP contribution >= 0.6 is 11.6 Å². The maximum atomic E-state index is 11.6. The SMILES string of the molecule is CC.CCCCC(CCC)(CCCC)NC(=O)CCl. The Morgan fingerprint density at radius 2 is 1.42 bits per heavy atom. The van der Waals surface area contributed by atoms with Crippen molar-refractivity contribution < 1.29 is 4.79 Å². The van der Waals surface area contributed by atoms with Gasteiger partial charge in [-0.15, -0.1) is 11.6 Å². The van der Waals surface area contributed by atoms with Crippen molar-refractivity contribution in [3.8, 4) is 0 Å². The van der Waals surface area contributed by atoms with E-state index in [4.69, 9.17) is 11.6 Å². The zero-order valence-corrected chi connectivity index (χ0v) is 14.4. The largest absolute Gasteiger partial charge is 0.350 e. The van der Waals surface area contributed by atoms with Crippen LogP contribution in [0.2, 0.25) is 0 Å². The number of hydrogen-bond acceptors (Lipinski definition) is 1. The second-order valence-electron chi connectivity index (χ2n) is 4.92. The van der Waals surface area contributed by atoms with Crippen LogP contribution in [0, 0.1) is 0 Å². The van der Waals surface area contributed by atoms with Crippen LogP contribution in [0.5, 0.6) is 0 Å². The first-order chi connectivity index (χ1) is 9.14. The number of rotatable bonds is 10. The first-order valence-corrected chi connectivity index (χ1v) is 8.54. The Morgan fingerprint density at radius 1 is 0.947 bits per heavy atom. The molecular formula is C16H34ClNO. The summed E-state index contributed by atoms with van der Waals surface area (Å²) in [5.41, 5.74) is -0.00720. The smallest absolute Gasteiger partial charge is 0.235 e. The van der Waals surface area contributed by atoms with Crippen LogP contribution in [0.15, 0.2) is 0 Å². The molecule has 1 N–H and O–H groups in total. The minimum Gasteiger partial charge on any atom is -0.350 e. The molecule has 1 amide bonds. The number of carbonyl (C=O) groups excluding carboxylic acids is 1. The molecule has 0 spiro atoms. The summed E-state index contributed by atoms with van der Waals surface area (Å²) < 4.78 is 0. The summed E-state index contributed by atoms with van der Waals surface area (Å²) in [6.45, 7) is 10.6. The topological polar surface area (TPSA) is 29.1 Å². The molecule has 0 unspecified atom stereocenters. The van der Waals surface area contributed by atoms with E-state index in [1.165, 1.54) is 25.7 Å². The molecule has 2 nitrogen and oxygen atoms in total. The molecule has 0 saturated carbocycles. The van der Waals surface area contributed by atoms with E-state index in [1.54, 1.807) is 0 Å². The van der Waals surface area contributed by atoms with Crippen LogP contribution in [0.3, 0.4) is 0 Å². The van der Waals surface area contributed by atoms with Crippen molar-refractivity contribution in [1.29, 1.82) is 0 Å². The summed E-state index contributed by atoms with van der Waals surface area (Å²) in [6.07, 6.45) is 9.03. The van der Waals surface area contributed by atoms with Gasteiger partial charge in [-0.25, -0.2) is 0 Å². The van der Waals surface area contributed by atoms with Crippen molar-refractivity contribution in [1.82, 2.24) is 5.32 Å². The molecule has 0 saturated heterocycles. The Bertz CT molecular complexity index is 199. The number of carbonyl (C=O) groups is 1. The fraction of sp³-hybridized carbons (Fsp3) is 0.938. The second kappa shape index (κ2) is 14.2. The van der Waals surface area contributed by atoms with Gasteiger partial charge in [-0.3, -0.25) is 4.79 Å². The van der Waals surface area contributed by atoms with Gasteiger partial charge in [0.15, 0.2) is 0 Å². The normalized spacial score (nSPS) is 10.6. The summed E-state index contributed by atoms with van der Waals surface area (Å²) in [6, 6.07) is 0. The van der Waals surface area contributed by atoms with Gasteiger partial charge in [-0.1, -0.05) is 66.7 Å². The number of alkyl halides is 1. The lowest BCUT2D eigenvalue weighted by Crippen LogP contribution is -2.49. The van der Waals surface area contributed by atoms with Crippen molar-refractivity contribution in [3.63, 3.8) is 0 Å². The van der Waals surface area contributed by atoms with Crippen LogP contribution < -0.4 is 5.32 Å². The predicted molar refractivity (Wildman–Crippen MR) is 86.9 cm³/mol. The molecule has 0 fully saturated rings. The van der Waals surface area contributed by atoms with Crippen molar-refractivity contribution in [2.24, 2.45) is 0 Å². The minimum atomic E-state index is -0.0210. The van der Waals surface area contributed by atoms with E-state index < -0.39 is 0 Å². The van der Waals surface area contributed by atoms with Crippen molar-refractivity contribution >= 4 is 17.5 Å². The Hall–Kier alpha value is -0.240. The van der Waals surface area contributed by atoms with Gasteiger partial charge in [0.05, 0.1) is 0 Å². The van der Waals surface area contributed by atoms with Crippen molar-refractivity contribution in [3.05, 3.63) is 0 Å². The molecule has 0 bridgehead atoms. The summed E-state index contributed by atoms with van der Waals surface area (Å²) >= 11 is 5.61. The summed E-state index contributed by atoms with van der Waals surface area (Å²) in [4.78, 5) is 11.6. The van der Waals surface area contributed by atoms with Gasteiger partial charge in [-0.2, -0.15) is 0 Å². The minimum absolute atomic E-state index is 0.00720. The van der Waals surface area contributed by atoms with Crippen LogP contribution in [0.25, 0.3) is 0 Å². The van der Waals surface area contributed by atoms with Crippen LogP contribution in [0.4, 0.5) is 0 Å². The number of nitrogens with one attached hydrogen (secondary N) is 1. The molecule has 0 rings (SSSR count). The van der Waals surface area contributed by atoms with E-state index >= 15 is 0 Å². The monoisotopic (exact) mass is 291 g/mol. The van der Waals surface area contributed by atoms with Gasteiger partial charge in [0, 0.05) is 5.54 Å². The first-order valence-electron chi connectivity index (χ1n) is 8.01. The number of amides is 1. The van der Waals surface area contributed by atoms with E-state index in [0.29, 0.717) is 0 Å². The van der Waals surface area contributed by atoms with Crippen molar-refractivity contribution in [2.75, 3.05) is 5.88 Å². The highest BCUT2D eigenvalue weighted by Gasteiger charge is 2.29. The lowest BCUT2D eigenvalue weighted by Gasteiger charge is -2.35. The quantitative estimate of drug-likeness (QED) is 0.545. The Labute approximate surface area is 125 Å². The van der Waals surface area contributed by atoms with Gasteiger partial charge in [0.25, 0.3) is 0 Å². The number of halogens is 1. The van der Waals surface area contributed by atoms with E-state index in [1.807, 2.05) is 13.8 Å². The third-order valence-corrected chi connectivity index (χ3v) is 3.52. The highest BCUT2D eigenvalue weighted by Crippen LogP contribution is 2.27. The highest BCUT2D eigenvalue weighted by molar-refractivity contribution is 6.27. The lowest BCUT2D eigenvalue weighted by molar-refractivity contribution is -0.120. The van der Waals surface area contributed by atoms with Crippen molar-refractivity contribution in [2.45, 2.75) is 91.5 Å². The third kappa shape index (κ3) is 10.2. The molecule has 0 aromatic heterocycles. The zero-order chi connectivity index (χ0) is 15.1. The summed E-state index contributed by atoms with van der Waals surface area (Å²) in [5.74, 6) is 0.0521. The Kier molecular flexibility index (Phi) is 15.7. The van der Waals surface area contributed by atoms with E-state index in [0.717, 1.165) is 25.7 Å². The van der Waals surface area contributed by atoms with Gasteiger partial charge < -0.3 is 5.32 Å². The maximum Gasteiger partial charge on any atom is 0.235 e. The van der Waals surface area contributed by atoms with Crippen LogP contribution in [-0.4, -0.2) is 17.3 Å². The van der Waals surface area contributed by atoms with Gasteiger partial charge in [0.2, 0.25) is 5.91 Å². The lowest BCUT2D eigenvalue weighted by atomic mass is 9.83. The standard InChI is InChI=1S/C14H28ClNO.C2H6/c1-4-7-10-14(9-6-3,11-8-5-2)16-13(17)12-15;1-2/h4-12H2,1-3H3,(H,16,17);1-2H3.